The monoisotopic (exact) mass is 275 g/mol. The molecule has 1 unspecified atom stereocenters. The summed E-state index contributed by atoms with van der Waals surface area (Å²) in [5.41, 5.74) is 0.841. The molecular weight excluding hydrogens is 258 g/mol. The van der Waals surface area contributed by atoms with Crippen LogP contribution in [-0.2, 0) is 0 Å². The molecule has 1 amide bonds. The van der Waals surface area contributed by atoms with Gasteiger partial charge in [-0.1, -0.05) is 0 Å². The highest BCUT2D eigenvalue weighted by molar-refractivity contribution is 5.95. The molecule has 6 heteroatoms. The molecule has 1 aromatic carbocycles. The standard InChI is InChI=1S/C14H17N3O3/c1-4-16(9-11(3)8-15)14(18)12-5-10(2)6-13(7-12)17(19)20/h5-7,11H,4,9H2,1-3H3. The summed E-state index contributed by atoms with van der Waals surface area (Å²) >= 11 is 0. The molecule has 20 heavy (non-hydrogen) atoms. The summed E-state index contributed by atoms with van der Waals surface area (Å²) in [5, 5.41) is 19.6. The first kappa shape index (κ1) is 15.6. The van der Waals surface area contributed by atoms with Crippen molar-refractivity contribution in [3.05, 3.63) is 39.4 Å². The minimum Gasteiger partial charge on any atom is -0.338 e. The summed E-state index contributed by atoms with van der Waals surface area (Å²) in [7, 11) is 0. The van der Waals surface area contributed by atoms with Crippen molar-refractivity contribution < 1.29 is 9.72 Å². The number of carbonyl (C=O) groups excluding carboxylic acids is 1. The number of rotatable bonds is 5. The van der Waals surface area contributed by atoms with E-state index in [4.69, 9.17) is 5.26 Å². The normalized spacial score (nSPS) is 11.5. The SMILES string of the molecule is CCN(CC(C)C#N)C(=O)c1cc(C)cc([N+](=O)[O-])c1. The van der Waals surface area contributed by atoms with Crippen LogP contribution >= 0.6 is 0 Å². The average Bonchev–Trinajstić information content (AvgIpc) is 2.42. The van der Waals surface area contributed by atoms with Crippen molar-refractivity contribution in [2.24, 2.45) is 5.92 Å². The van der Waals surface area contributed by atoms with Gasteiger partial charge in [-0.15, -0.1) is 0 Å². The molecule has 0 aromatic heterocycles. The first-order valence-electron chi connectivity index (χ1n) is 6.34. The molecule has 0 aliphatic rings. The number of nitrogens with zero attached hydrogens (tertiary/aromatic N) is 3. The predicted molar refractivity (Wildman–Crippen MR) is 74.2 cm³/mol. The number of non-ortho nitro benzene ring substituents is 1. The molecule has 0 spiro atoms. The van der Waals surface area contributed by atoms with Gasteiger partial charge in [-0.25, -0.2) is 0 Å². The lowest BCUT2D eigenvalue weighted by Gasteiger charge is -2.22. The number of benzene rings is 1. The first-order valence-corrected chi connectivity index (χ1v) is 6.34. The van der Waals surface area contributed by atoms with Crippen molar-refractivity contribution in [3.8, 4) is 6.07 Å². The van der Waals surface area contributed by atoms with E-state index in [2.05, 4.69) is 6.07 Å². The van der Waals surface area contributed by atoms with Crippen molar-refractivity contribution in [3.63, 3.8) is 0 Å². The molecule has 0 radical (unpaired) electrons. The fourth-order valence-corrected chi connectivity index (χ4v) is 1.90. The zero-order chi connectivity index (χ0) is 15.3. The summed E-state index contributed by atoms with van der Waals surface area (Å²) in [4.78, 5) is 24.2. The molecule has 1 rings (SSSR count). The van der Waals surface area contributed by atoms with Gasteiger partial charge in [0.15, 0.2) is 0 Å². The fourth-order valence-electron chi connectivity index (χ4n) is 1.90. The Morgan fingerprint density at radius 1 is 1.50 bits per heavy atom. The van der Waals surface area contributed by atoms with Crippen molar-refractivity contribution >= 4 is 11.6 Å². The van der Waals surface area contributed by atoms with Crippen molar-refractivity contribution in [2.45, 2.75) is 20.8 Å². The summed E-state index contributed by atoms with van der Waals surface area (Å²) in [6.07, 6.45) is 0. The van der Waals surface area contributed by atoms with Crippen LogP contribution in [0.4, 0.5) is 5.69 Å². The van der Waals surface area contributed by atoms with E-state index in [0.29, 0.717) is 18.7 Å². The third-order valence-corrected chi connectivity index (χ3v) is 2.90. The highest BCUT2D eigenvalue weighted by atomic mass is 16.6. The van der Waals surface area contributed by atoms with Gasteiger partial charge in [-0.3, -0.25) is 14.9 Å². The Morgan fingerprint density at radius 3 is 2.65 bits per heavy atom. The van der Waals surface area contributed by atoms with Gasteiger partial charge in [0.05, 0.1) is 16.9 Å². The van der Waals surface area contributed by atoms with Crippen LogP contribution in [-0.4, -0.2) is 28.8 Å². The molecule has 0 heterocycles. The second kappa shape index (κ2) is 6.66. The third-order valence-electron chi connectivity index (χ3n) is 2.90. The van der Waals surface area contributed by atoms with Crippen molar-refractivity contribution in [1.29, 1.82) is 5.26 Å². The number of hydrogen-bond donors (Lipinski definition) is 0. The number of nitriles is 1. The number of hydrogen-bond acceptors (Lipinski definition) is 4. The third kappa shape index (κ3) is 3.79. The summed E-state index contributed by atoms with van der Waals surface area (Å²) < 4.78 is 0. The van der Waals surface area contributed by atoms with E-state index in [0.717, 1.165) is 0 Å². The zero-order valence-electron chi connectivity index (χ0n) is 11.8. The van der Waals surface area contributed by atoms with E-state index < -0.39 is 4.92 Å². The largest absolute Gasteiger partial charge is 0.338 e. The Bertz CT molecular complexity index is 563. The predicted octanol–water partition coefficient (Wildman–Crippen LogP) is 2.53. The number of nitro groups is 1. The van der Waals surface area contributed by atoms with Gasteiger partial charge in [-0.05, 0) is 32.4 Å². The molecule has 0 saturated heterocycles. The summed E-state index contributed by atoms with van der Waals surface area (Å²) in [5.74, 6) is -0.569. The van der Waals surface area contributed by atoms with E-state index in [1.54, 1.807) is 19.9 Å². The molecule has 0 N–H and O–H groups in total. The van der Waals surface area contributed by atoms with Crippen LogP contribution in [0.3, 0.4) is 0 Å². The highest BCUT2D eigenvalue weighted by Gasteiger charge is 2.19. The van der Waals surface area contributed by atoms with Gasteiger partial charge >= 0.3 is 0 Å². The average molecular weight is 275 g/mol. The molecule has 1 atom stereocenters. The lowest BCUT2D eigenvalue weighted by atomic mass is 10.1. The van der Waals surface area contributed by atoms with Gasteiger partial charge in [0, 0.05) is 30.8 Å². The van der Waals surface area contributed by atoms with Crippen LogP contribution in [0.25, 0.3) is 0 Å². The van der Waals surface area contributed by atoms with Gasteiger partial charge in [0.1, 0.15) is 0 Å². The Morgan fingerprint density at radius 2 is 2.15 bits per heavy atom. The Kier molecular flexibility index (Phi) is 5.21. The van der Waals surface area contributed by atoms with Crippen LogP contribution in [0, 0.1) is 34.3 Å². The second-order valence-corrected chi connectivity index (χ2v) is 4.69. The lowest BCUT2D eigenvalue weighted by molar-refractivity contribution is -0.384. The quantitative estimate of drug-likeness (QED) is 0.610. The lowest BCUT2D eigenvalue weighted by Crippen LogP contribution is -2.34. The van der Waals surface area contributed by atoms with E-state index in [1.807, 2.05) is 6.92 Å². The highest BCUT2D eigenvalue weighted by Crippen LogP contribution is 2.18. The van der Waals surface area contributed by atoms with Crippen molar-refractivity contribution in [2.75, 3.05) is 13.1 Å². The number of carbonyl (C=O) groups is 1. The minimum atomic E-state index is -0.516. The topological polar surface area (TPSA) is 87.2 Å². The smallest absolute Gasteiger partial charge is 0.270 e. The van der Waals surface area contributed by atoms with Gasteiger partial charge in [0.2, 0.25) is 0 Å². The molecule has 0 fully saturated rings. The van der Waals surface area contributed by atoms with Crippen LogP contribution in [0.15, 0.2) is 18.2 Å². The number of amides is 1. The summed E-state index contributed by atoms with van der Waals surface area (Å²) in [6.45, 7) is 6.01. The Labute approximate surface area is 117 Å². The minimum absolute atomic E-state index is 0.0993. The van der Waals surface area contributed by atoms with Gasteiger partial charge in [0.25, 0.3) is 11.6 Å². The maximum atomic E-state index is 12.3. The summed E-state index contributed by atoms with van der Waals surface area (Å²) in [6, 6.07) is 6.39. The molecule has 0 aliphatic carbocycles. The van der Waals surface area contributed by atoms with Crippen LogP contribution in [0.2, 0.25) is 0 Å². The molecule has 0 saturated carbocycles. The van der Waals surface area contributed by atoms with E-state index in [1.165, 1.54) is 17.0 Å². The molecule has 106 valence electrons. The van der Waals surface area contributed by atoms with Gasteiger partial charge in [-0.2, -0.15) is 5.26 Å². The van der Waals surface area contributed by atoms with Crippen molar-refractivity contribution in [1.82, 2.24) is 4.90 Å². The van der Waals surface area contributed by atoms with E-state index in [9.17, 15) is 14.9 Å². The molecule has 6 nitrogen and oxygen atoms in total. The van der Waals surface area contributed by atoms with Crippen LogP contribution in [0.1, 0.15) is 29.8 Å². The number of nitro benzene ring substituents is 1. The maximum Gasteiger partial charge on any atom is 0.270 e. The maximum absolute atomic E-state index is 12.3. The molecule has 0 bridgehead atoms. The zero-order valence-corrected chi connectivity index (χ0v) is 11.8. The number of aryl methyl sites for hydroxylation is 1. The van der Waals surface area contributed by atoms with Gasteiger partial charge < -0.3 is 4.90 Å². The van der Waals surface area contributed by atoms with Crippen LogP contribution in [0.5, 0.6) is 0 Å². The molecule has 0 aliphatic heterocycles. The van der Waals surface area contributed by atoms with Crippen LogP contribution < -0.4 is 0 Å². The fraction of sp³-hybridized carbons (Fsp3) is 0.429. The van der Waals surface area contributed by atoms with E-state index in [-0.39, 0.29) is 23.1 Å². The second-order valence-electron chi connectivity index (χ2n) is 4.69. The van der Waals surface area contributed by atoms with E-state index >= 15 is 0 Å². The Balaban J connectivity index is 3.07. The Hall–Kier alpha value is -2.42. The first-order chi connectivity index (χ1) is 9.38. The molecular formula is C14H17N3O3. The molecule has 1 aromatic rings.